The molecular formula is C31H38N2O4S. The van der Waals surface area contributed by atoms with Gasteiger partial charge in [-0.1, -0.05) is 45.0 Å². The largest absolute Gasteiger partial charge is 0.497 e. The molecule has 0 saturated heterocycles. The molecule has 2 amide bonds. The first-order valence-corrected chi connectivity index (χ1v) is 13.9. The molecule has 1 unspecified atom stereocenters. The second-order valence-electron chi connectivity index (χ2n) is 11.0. The first-order chi connectivity index (χ1) is 18.0. The van der Waals surface area contributed by atoms with Crippen molar-refractivity contribution in [2.45, 2.75) is 58.5 Å². The lowest BCUT2D eigenvalue weighted by molar-refractivity contribution is -0.134. The lowest BCUT2D eigenvalue weighted by Gasteiger charge is -2.38. The van der Waals surface area contributed by atoms with Crippen molar-refractivity contribution in [1.82, 2.24) is 9.80 Å². The predicted octanol–water partition coefficient (Wildman–Crippen LogP) is 6.09. The molecule has 1 aromatic heterocycles. The van der Waals surface area contributed by atoms with E-state index in [2.05, 4.69) is 56.5 Å². The molecule has 4 rings (SSSR count). The summed E-state index contributed by atoms with van der Waals surface area (Å²) in [5, 5.41) is 2.11. The van der Waals surface area contributed by atoms with Gasteiger partial charge in [0.05, 0.1) is 25.8 Å². The van der Waals surface area contributed by atoms with E-state index in [9.17, 15) is 9.59 Å². The molecule has 202 valence electrons. The average Bonchev–Trinajstić information content (AvgIpc) is 3.38. The number of methoxy groups -OCH3 is 2. The minimum atomic E-state index is -0.243. The van der Waals surface area contributed by atoms with Crippen LogP contribution in [0.5, 0.6) is 11.5 Å². The first-order valence-electron chi connectivity index (χ1n) is 13.0. The molecule has 1 atom stereocenters. The van der Waals surface area contributed by atoms with E-state index >= 15 is 0 Å². The fourth-order valence-electron chi connectivity index (χ4n) is 4.97. The van der Waals surface area contributed by atoms with Crippen LogP contribution in [-0.2, 0) is 16.6 Å². The monoisotopic (exact) mass is 534 g/mol. The summed E-state index contributed by atoms with van der Waals surface area (Å²) in [5.41, 5.74) is 3.98. The van der Waals surface area contributed by atoms with Crippen LogP contribution in [0.3, 0.4) is 0 Å². The Bertz CT molecular complexity index is 1290. The van der Waals surface area contributed by atoms with Crippen LogP contribution in [0.25, 0.3) is 0 Å². The van der Waals surface area contributed by atoms with Crippen molar-refractivity contribution in [2.24, 2.45) is 0 Å². The summed E-state index contributed by atoms with van der Waals surface area (Å²) in [7, 11) is 3.10. The van der Waals surface area contributed by atoms with Crippen LogP contribution in [0.15, 0.2) is 53.9 Å². The molecular weight excluding hydrogens is 496 g/mol. The molecule has 0 spiro atoms. The number of ether oxygens (including phenoxy) is 2. The third kappa shape index (κ3) is 5.58. The maximum Gasteiger partial charge on any atom is 0.258 e. The van der Waals surface area contributed by atoms with E-state index < -0.39 is 0 Å². The highest BCUT2D eigenvalue weighted by molar-refractivity contribution is 7.10. The number of hydrogen-bond acceptors (Lipinski definition) is 5. The third-order valence-corrected chi connectivity index (χ3v) is 8.20. The number of nitrogens with zero attached hydrogens (tertiary/aromatic N) is 2. The minimum Gasteiger partial charge on any atom is -0.497 e. The van der Waals surface area contributed by atoms with E-state index in [0.29, 0.717) is 23.6 Å². The molecule has 6 nitrogen and oxygen atoms in total. The van der Waals surface area contributed by atoms with Gasteiger partial charge in [-0.05, 0) is 66.0 Å². The van der Waals surface area contributed by atoms with Gasteiger partial charge in [0.2, 0.25) is 5.91 Å². The SMILES string of the molecule is COc1ccc(C(=O)N(CC(=O)N2CCc3sccc3C2c2ccc(C(C)(C)C)cc2)C(C)C)c(OC)c1. The molecule has 38 heavy (non-hydrogen) atoms. The number of rotatable bonds is 7. The Morgan fingerprint density at radius 3 is 2.37 bits per heavy atom. The Kier molecular flexibility index (Phi) is 8.16. The van der Waals surface area contributed by atoms with Gasteiger partial charge in [-0.25, -0.2) is 0 Å². The summed E-state index contributed by atoms with van der Waals surface area (Å²) < 4.78 is 10.8. The fourth-order valence-corrected chi connectivity index (χ4v) is 5.87. The van der Waals surface area contributed by atoms with Crippen molar-refractivity contribution in [2.75, 3.05) is 27.3 Å². The van der Waals surface area contributed by atoms with E-state index in [1.165, 1.54) is 23.1 Å². The number of carbonyl (C=O) groups is 2. The predicted molar refractivity (Wildman–Crippen MR) is 152 cm³/mol. The normalized spacial score (nSPS) is 15.3. The first kappa shape index (κ1) is 27.7. The van der Waals surface area contributed by atoms with Crippen LogP contribution in [0.1, 0.15) is 72.6 Å². The molecule has 2 heterocycles. The Balaban J connectivity index is 1.64. The zero-order valence-corrected chi connectivity index (χ0v) is 24.2. The Hall–Kier alpha value is -3.32. The maximum absolute atomic E-state index is 13.9. The van der Waals surface area contributed by atoms with Gasteiger partial charge in [-0.3, -0.25) is 9.59 Å². The molecule has 7 heteroatoms. The zero-order chi connectivity index (χ0) is 27.6. The van der Waals surface area contributed by atoms with Crippen LogP contribution in [0.2, 0.25) is 0 Å². The van der Waals surface area contributed by atoms with Crippen LogP contribution in [0.4, 0.5) is 0 Å². The summed E-state index contributed by atoms with van der Waals surface area (Å²) in [6.45, 7) is 11.1. The molecule has 0 bridgehead atoms. The lowest BCUT2D eigenvalue weighted by atomic mass is 9.85. The summed E-state index contributed by atoms with van der Waals surface area (Å²) in [4.78, 5) is 32.5. The van der Waals surface area contributed by atoms with Gasteiger partial charge < -0.3 is 19.3 Å². The molecule has 0 fully saturated rings. The van der Waals surface area contributed by atoms with Crippen LogP contribution >= 0.6 is 11.3 Å². The Morgan fingerprint density at radius 2 is 1.76 bits per heavy atom. The number of fused-ring (bicyclic) bond motifs is 1. The number of hydrogen-bond donors (Lipinski definition) is 0. The van der Waals surface area contributed by atoms with Gasteiger partial charge in [0.15, 0.2) is 0 Å². The average molecular weight is 535 g/mol. The molecule has 0 N–H and O–H groups in total. The molecule has 0 aliphatic carbocycles. The van der Waals surface area contributed by atoms with Gasteiger partial charge in [0.1, 0.15) is 18.0 Å². The third-order valence-electron chi connectivity index (χ3n) is 7.21. The summed E-state index contributed by atoms with van der Waals surface area (Å²) in [6.07, 6.45) is 0.817. The topological polar surface area (TPSA) is 59.1 Å². The smallest absolute Gasteiger partial charge is 0.258 e. The second kappa shape index (κ2) is 11.2. The van der Waals surface area contributed by atoms with Crippen molar-refractivity contribution < 1.29 is 19.1 Å². The van der Waals surface area contributed by atoms with Gasteiger partial charge in [0.25, 0.3) is 5.91 Å². The standard InChI is InChI=1S/C31H38N2O4S/c1-20(2)33(30(35)24-13-12-23(36-6)18-26(24)37-7)19-28(34)32-16-14-27-25(15-17-38-27)29(32)21-8-10-22(11-9-21)31(3,4)5/h8-13,15,17-18,20,29H,14,16,19H2,1-7H3. The molecule has 3 aromatic rings. The second-order valence-corrected chi connectivity index (χ2v) is 12.0. The van der Waals surface area contributed by atoms with Crippen LogP contribution in [-0.4, -0.2) is 55.0 Å². The van der Waals surface area contributed by atoms with E-state index in [-0.39, 0.29) is 35.9 Å². The van der Waals surface area contributed by atoms with Crippen molar-refractivity contribution in [3.63, 3.8) is 0 Å². The highest BCUT2D eigenvalue weighted by Crippen LogP contribution is 2.38. The molecule has 1 aliphatic heterocycles. The van der Waals surface area contributed by atoms with Gasteiger partial charge in [-0.15, -0.1) is 11.3 Å². The number of amides is 2. The Labute approximate surface area is 230 Å². The highest BCUT2D eigenvalue weighted by Gasteiger charge is 2.35. The quantitative estimate of drug-likeness (QED) is 0.368. The molecule has 1 aliphatic rings. The summed E-state index contributed by atoms with van der Waals surface area (Å²) in [5.74, 6) is 0.712. The van der Waals surface area contributed by atoms with Crippen molar-refractivity contribution >= 4 is 23.2 Å². The van der Waals surface area contributed by atoms with Crippen LogP contribution in [0, 0.1) is 0 Å². The highest BCUT2D eigenvalue weighted by atomic mass is 32.1. The van der Waals surface area contributed by atoms with Crippen LogP contribution < -0.4 is 9.47 Å². The number of thiophene rings is 1. The van der Waals surface area contributed by atoms with Gasteiger partial charge >= 0.3 is 0 Å². The Morgan fingerprint density at radius 1 is 1.05 bits per heavy atom. The van der Waals surface area contributed by atoms with Crippen molar-refractivity contribution in [1.29, 1.82) is 0 Å². The lowest BCUT2D eigenvalue weighted by Crippen LogP contribution is -2.48. The van der Waals surface area contributed by atoms with Gasteiger partial charge in [-0.2, -0.15) is 0 Å². The van der Waals surface area contributed by atoms with Crippen molar-refractivity contribution in [3.05, 3.63) is 81.0 Å². The van der Waals surface area contributed by atoms with Gasteiger partial charge in [0, 0.05) is 23.5 Å². The van der Waals surface area contributed by atoms with Crippen molar-refractivity contribution in [3.8, 4) is 11.5 Å². The summed E-state index contributed by atoms with van der Waals surface area (Å²) >= 11 is 1.75. The summed E-state index contributed by atoms with van der Waals surface area (Å²) in [6, 6.07) is 15.5. The molecule has 0 saturated carbocycles. The van der Waals surface area contributed by atoms with E-state index in [1.807, 2.05) is 18.7 Å². The number of carbonyl (C=O) groups excluding carboxylic acids is 2. The van der Waals surface area contributed by atoms with E-state index in [1.54, 1.807) is 41.5 Å². The number of benzene rings is 2. The zero-order valence-electron chi connectivity index (χ0n) is 23.4. The molecule has 2 aromatic carbocycles. The molecule has 0 radical (unpaired) electrons. The minimum absolute atomic E-state index is 0.0122. The van der Waals surface area contributed by atoms with E-state index in [4.69, 9.17) is 9.47 Å². The van der Waals surface area contributed by atoms with E-state index in [0.717, 1.165) is 12.0 Å². The fraction of sp³-hybridized carbons (Fsp3) is 0.419. The maximum atomic E-state index is 13.9.